The van der Waals surface area contributed by atoms with Crippen molar-refractivity contribution in [3.8, 4) is 0 Å². The van der Waals surface area contributed by atoms with Gasteiger partial charge >= 0.3 is 0 Å². The summed E-state index contributed by atoms with van der Waals surface area (Å²) < 4.78 is 0. The molecule has 17 heavy (non-hydrogen) atoms. The van der Waals surface area contributed by atoms with Crippen LogP contribution in [0.5, 0.6) is 0 Å². The van der Waals surface area contributed by atoms with Crippen molar-refractivity contribution < 1.29 is 0 Å². The molecule has 0 amide bonds. The predicted molar refractivity (Wildman–Crippen MR) is 73.1 cm³/mol. The van der Waals surface area contributed by atoms with E-state index in [2.05, 4.69) is 47.7 Å². The summed E-state index contributed by atoms with van der Waals surface area (Å²) in [5.41, 5.74) is 2.24. The van der Waals surface area contributed by atoms with Crippen LogP contribution in [-0.2, 0) is 0 Å². The highest BCUT2D eigenvalue weighted by molar-refractivity contribution is 6.10. The van der Waals surface area contributed by atoms with Gasteiger partial charge in [-0.1, -0.05) is 12.7 Å². The Kier molecular flexibility index (Phi) is 3.48. The van der Waals surface area contributed by atoms with E-state index in [0.717, 1.165) is 11.8 Å². The van der Waals surface area contributed by atoms with E-state index in [0.29, 0.717) is 6.04 Å². The molecule has 3 nitrogen and oxygen atoms in total. The lowest BCUT2D eigenvalue weighted by atomic mass is 9.84. The van der Waals surface area contributed by atoms with E-state index >= 15 is 0 Å². The molecule has 0 N–H and O–H groups in total. The summed E-state index contributed by atoms with van der Waals surface area (Å²) in [6.07, 6.45) is 10.6. The van der Waals surface area contributed by atoms with E-state index in [1.54, 1.807) is 0 Å². The van der Waals surface area contributed by atoms with E-state index in [-0.39, 0.29) is 0 Å². The van der Waals surface area contributed by atoms with Crippen molar-refractivity contribution in [2.24, 2.45) is 4.99 Å². The van der Waals surface area contributed by atoms with E-state index in [4.69, 9.17) is 0 Å². The summed E-state index contributed by atoms with van der Waals surface area (Å²) in [7, 11) is 6.14. The van der Waals surface area contributed by atoms with Crippen LogP contribution in [0.4, 0.5) is 0 Å². The van der Waals surface area contributed by atoms with Crippen molar-refractivity contribution in [1.82, 2.24) is 9.80 Å². The maximum atomic E-state index is 4.29. The van der Waals surface area contributed by atoms with Gasteiger partial charge in [0, 0.05) is 25.3 Å². The fourth-order valence-corrected chi connectivity index (χ4v) is 2.45. The van der Waals surface area contributed by atoms with Gasteiger partial charge in [-0.3, -0.25) is 4.99 Å². The van der Waals surface area contributed by atoms with Gasteiger partial charge in [0.05, 0.1) is 11.4 Å². The lowest BCUT2D eigenvalue weighted by molar-refractivity contribution is 0.104. The zero-order valence-corrected chi connectivity index (χ0v) is 10.9. The summed E-state index contributed by atoms with van der Waals surface area (Å²) in [4.78, 5) is 8.94. The van der Waals surface area contributed by atoms with Gasteiger partial charge in [-0.2, -0.15) is 0 Å². The molecular weight excluding hydrogens is 210 g/mol. The molecule has 0 aromatic rings. The molecule has 3 heteroatoms. The second-order valence-corrected chi connectivity index (χ2v) is 4.86. The third-order valence-corrected chi connectivity index (χ3v) is 3.66. The van der Waals surface area contributed by atoms with Crippen molar-refractivity contribution >= 4 is 5.71 Å². The van der Waals surface area contributed by atoms with E-state index in [1.807, 2.05) is 19.2 Å². The van der Waals surface area contributed by atoms with Gasteiger partial charge in [-0.05, 0) is 39.1 Å². The largest absolute Gasteiger partial charge is 0.343 e. The number of hydrogen-bond acceptors (Lipinski definition) is 3. The minimum Gasteiger partial charge on any atom is -0.343 e. The third kappa shape index (κ3) is 2.20. The SMILES string of the molecule is C=C/C=C1\C(=NC)C=CN1C1CC(N(C)C)C1. The van der Waals surface area contributed by atoms with Gasteiger partial charge in [-0.25, -0.2) is 0 Å². The van der Waals surface area contributed by atoms with Crippen molar-refractivity contribution in [1.29, 1.82) is 0 Å². The van der Waals surface area contributed by atoms with Gasteiger partial charge in [0.25, 0.3) is 0 Å². The standard InChI is InChI=1S/C14H21N3/c1-5-6-14-13(15-2)7-8-17(14)12-9-11(10-12)16(3)4/h5-8,11-12H,1,9-10H2,2-4H3/b14-6+,15-13?. The van der Waals surface area contributed by atoms with Crippen LogP contribution in [0, 0.1) is 0 Å². The highest BCUT2D eigenvalue weighted by Gasteiger charge is 2.36. The quantitative estimate of drug-likeness (QED) is 0.740. The molecule has 1 aliphatic carbocycles. The molecule has 0 radical (unpaired) electrons. The molecule has 0 spiro atoms. The molecule has 0 saturated heterocycles. The Morgan fingerprint density at radius 3 is 2.71 bits per heavy atom. The highest BCUT2D eigenvalue weighted by Crippen LogP contribution is 2.33. The van der Waals surface area contributed by atoms with Crippen LogP contribution in [0.3, 0.4) is 0 Å². The van der Waals surface area contributed by atoms with E-state index in [9.17, 15) is 0 Å². The second-order valence-electron chi connectivity index (χ2n) is 4.86. The molecule has 0 aromatic heterocycles. The van der Waals surface area contributed by atoms with Crippen LogP contribution in [0.2, 0.25) is 0 Å². The van der Waals surface area contributed by atoms with Crippen LogP contribution >= 0.6 is 0 Å². The Hall–Kier alpha value is -1.35. The molecule has 2 rings (SSSR count). The Balaban J connectivity index is 2.06. The van der Waals surface area contributed by atoms with Crippen LogP contribution in [0.25, 0.3) is 0 Å². The fourth-order valence-electron chi connectivity index (χ4n) is 2.45. The minimum atomic E-state index is 0.615. The summed E-state index contributed by atoms with van der Waals surface area (Å²) in [6, 6.07) is 1.34. The molecule has 0 unspecified atom stereocenters. The first kappa shape index (κ1) is 12.1. The van der Waals surface area contributed by atoms with Crippen LogP contribution in [0.15, 0.2) is 41.7 Å². The topological polar surface area (TPSA) is 18.8 Å². The smallest absolute Gasteiger partial charge is 0.0822 e. The van der Waals surface area contributed by atoms with Gasteiger partial charge in [0.15, 0.2) is 0 Å². The van der Waals surface area contributed by atoms with Crippen LogP contribution in [0.1, 0.15) is 12.8 Å². The van der Waals surface area contributed by atoms with Crippen LogP contribution < -0.4 is 0 Å². The highest BCUT2D eigenvalue weighted by atomic mass is 15.2. The number of aliphatic imine (C=N–C) groups is 1. The Labute approximate surface area is 104 Å². The van der Waals surface area contributed by atoms with Crippen molar-refractivity contribution in [2.45, 2.75) is 24.9 Å². The van der Waals surface area contributed by atoms with Crippen molar-refractivity contribution in [3.63, 3.8) is 0 Å². The molecule has 92 valence electrons. The molecule has 2 aliphatic rings. The third-order valence-electron chi connectivity index (χ3n) is 3.66. The first-order valence-corrected chi connectivity index (χ1v) is 6.10. The Bertz CT molecular complexity index is 384. The van der Waals surface area contributed by atoms with Gasteiger partial charge in [0.1, 0.15) is 0 Å². The molecule has 0 aromatic carbocycles. The number of rotatable bonds is 3. The first-order chi connectivity index (χ1) is 8.17. The van der Waals surface area contributed by atoms with E-state index in [1.165, 1.54) is 18.5 Å². The first-order valence-electron chi connectivity index (χ1n) is 6.10. The second kappa shape index (κ2) is 4.88. The number of hydrogen-bond donors (Lipinski definition) is 0. The van der Waals surface area contributed by atoms with Gasteiger partial charge in [-0.15, -0.1) is 0 Å². The molecule has 0 bridgehead atoms. The molecular formula is C14H21N3. The number of allylic oxidation sites excluding steroid dienone is 3. The van der Waals surface area contributed by atoms with Crippen molar-refractivity contribution in [2.75, 3.05) is 21.1 Å². The summed E-state index contributed by atoms with van der Waals surface area (Å²) in [6.45, 7) is 3.78. The molecule has 1 saturated carbocycles. The lowest BCUT2D eigenvalue weighted by Gasteiger charge is -2.44. The summed E-state index contributed by atoms with van der Waals surface area (Å²) >= 11 is 0. The number of nitrogens with zero attached hydrogens (tertiary/aromatic N) is 3. The van der Waals surface area contributed by atoms with Gasteiger partial charge < -0.3 is 9.80 Å². The normalized spacial score (nSPS) is 32.6. The maximum Gasteiger partial charge on any atom is 0.0822 e. The monoisotopic (exact) mass is 231 g/mol. The Morgan fingerprint density at radius 1 is 1.47 bits per heavy atom. The zero-order chi connectivity index (χ0) is 12.4. The van der Waals surface area contributed by atoms with E-state index < -0.39 is 0 Å². The lowest BCUT2D eigenvalue weighted by Crippen LogP contribution is -2.49. The fraction of sp³-hybridized carbons (Fsp3) is 0.500. The summed E-state index contributed by atoms with van der Waals surface area (Å²) in [5.74, 6) is 0. The minimum absolute atomic E-state index is 0.615. The predicted octanol–water partition coefficient (Wildman–Crippen LogP) is 2.05. The van der Waals surface area contributed by atoms with Crippen molar-refractivity contribution in [3.05, 3.63) is 36.7 Å². The summed E-state index contributed by atoms with van der Waals surface area (Å²) in [5, 5.41) is 0. The molecule has 0 atom stereocenters. The Morgan fingerprint density at radius 2 is 2.18 bits per heavy atom. The average molecular weight is 231 g/mol. The van der Waals surface area contributed by atoms with Crippen LogP contribution in [-0.4, -0.2) is 48.7 Å². The molecule has 1 fully saturated rings. The average Bonchev–Trinajstić information content (AvgIpc) is 2.59. The molecule has 1 heterocycles. The molecule has 1 aliphatic heterocycles. The maximum absolute atomic E-state index is 4.29. The zero-order valence-electron chi connectivity index (χ0n) is 10.9. The van der Waals surface area contributed by atoms with Gasteiger partial charge in [0.2, 0.25) is 0 Å².